The summed E-state index contributed by atoms with van der Waals surface area (Å²) in [5, 5.41) is 16.7. The molecule has 4 rings (SSSR count). The highest BCUT2D eigenvalue weighted by molar-refractivity contribution is 7.16. The largest absolute Gasteiger partial charge is 0.353 e. The molecule has 2 N–H and O–H groups in total. The van der Waals surface area contributed by atoms with Gasteiger partial charge in [-0.2, -0.15) is 5.26 Å². The van der Waals surface area contributed by atoms with E-state index in [-0.39, 0.29) is 23.8 Å². The van der Waals surface area contributed by atoms with Crippen LogP contribution in [0, 0.1) is 17.2 Å². The first kappa shape index (κ1) is 23.3. The maximum absolute atomic E-state index is 12.6. The topological polar surface area (TPSA) is 85.2 Å². The van der Waals surface area contributed by atoms with Gasteiger partial charge in [0.1, 0.15) is 11.1 Å². The molecule has 0 radical (unpaired) electrons. The number of hydrogen-bond acceptors (Lipinski definition) is 5. The van der Waals surface area contributed by atoms with Crippen LogP contribution in [0.15, 0.2) is 0 Å². The Kier molecular flexibility index (Phi) is 8.20. The van der Waals surface area contributed by atoms with Crippen LogP contribution in [0.25, 0.3) is 0 Å². The summed E-state index contributed by atoms with van der Waals surface area (Å²) in [6, 6.07) is 2.61. The average Bonchev–Trinajstić information content (AvgIpc) is 2.97. The van der Waals surface area contributed by atoms with Crippen molar-refractivity contribution in [2.75, 3.05) is 25.0 Å². The number of nitriles is 1. The summed E-state index contributed by atoms with van der Waals surface area (Å²) in [5.41, 5.74) is 1.86. The molecule has 2 heterocycles. The number of rotatable bonds is 6. The molecule has 2 aliphatic carbocycles. The predicted octanol–water partition coefficient (Wildman–Crippen LogP) is 4.38. The number of amides is 2. The molecule has 2 amide bonds. The molecule has 32 heavy (non-hydrogen) atoms. The number of anilines is 1. The Morgan fingerprint density at radius 1 is 1.00 bits per heavy atom. The lowest BCUT2D eigenvalue weighted by Gasteiger charge is -2.33. The number of likely N-dealkylation sites (tertiary alicyclic amines) is 1. The molecular formula is C25H36N4O2S. The molecule has 1 saturated carbocycles. The van der Waals surface area contributed by atoms with Crippen molar-refractivity contribution in [3.8, 4) is 6.07 Å². The number of nitrogens with one attached hydrogen (secondary N) is 2. The van der Waals surface area contributed by atoms with Gasteiger partial charge in [0.2, 0.25) is 11.8 Å². The van der Waals surface area contributed by atoms with Crippen molar-refractivity contribution < 1.29 is 9.59 Å². The first-order valence-corrected chi connectivity index (χ1v) is 13.3. The van der Waals surface area contributed by atoms with Crippen molar-refractivity contribution in [1.82, 2.24) is 10.2 Å². The second-order valence-corrected chi connectivity index (χ2v) is 10.7. The normalized spacial score (nSPS) is 20.7. The summed E-state index contributed by atoms with van der Waals surface area (Å²) in [6.07, 6.45) is 13.6. The van der Waals surface area contributed by atoms with E-state index >= 15 is 0 Å². The molecule has 1 aromatic heterocycles. The number of carbonyl (C=O) groups excluding carboxylic acids is 2. The molecule has 174 valence electrons. The van der Waals surface area contributed by atoms with Gasteiger partial charge in [0, 0.05) is 42.9 Å². The lowest BCUT2D eigenvalue weighted by Crippen LogP contribution is -2.47. The number of hydrogen-bond donors (Lipinski definition) is 2. The van der Waals surface area contributed by atoms with E-state index in [0.717, 1.165) is 69.6 Å². The van der Waals surface area contributed by atoms with Crippen LogP contribution in [-0.2, 0) is 22.4 Å². The van der Waals surface area contributed by atoms with Gasteiger partial charge in [-0.05, 0) is 56.9 Å². The summed E-state index contributed by atoms with van der Waals surface area (Å²) in [7, 11) is 0. The van der Waals surface area contributed by atoms with E-state index < -0.39 is 0 Å². The van der Waals surface area contributed by atoms with E-state index in [0.29, 0.717) is 12.0 Å². The van der Waals surface area contributed by atoms with Crippen LogP contribution in [0.2, 0.25) is 0 Å². The van der Waals surface area contributed by atoms with E-state index in [1.165, 1.54) is 42.5 Å². The molecule has 0 bridgehead atoms. The number of nitrogens with zero attached hydrogens (tertiary/aromatic N) is 2. The fourth-order valence-electron chi connectivity index (χ4n) is 5.38. The Hall–Kier alpha value is -1.91. The smallest absolute Gasteiger partial charge is 0.226 e. The Bertz CT molecular complexity index is 845. The van der Waals surface area contributed by atoms with Crippen LogP contribution >= 0.6 is 11.3 Å². The Labute approximate surface area is 195 Å². The third kappa shape index (κ3) is 5.90. The van der Waals surface area contributed by atoms with Crippen molar-refractivity contribution >= 4 is 28.2 Å². The monoisotopic (exact) mass is 456 g/mol. The zero-order chi connectivity index (χ0) is 22.3. The summed E-state index contributed by atoms with van der Waals surface area (Å²) < 4.78 is 0. The number of fused-ring (bicyclic) bond motifs is 1. The first-order chi connectivity index (χ1) is 15.6. The van der Waals surface area contributed by atoms with E-state index in [2.05, 4.69) is 21.6 Å². The number of aryl methyl sites for hydroxylation is 1. The molecule has 3 aliphatic rings. The first-order valence-electron chi connectivity index (χ1n) is 12.5. The lowest BCUT2D eigenvalue weighted by molar-refractivity contribution is -0.127. The minimum atomic E-state index is -0.00867. The van der Waals surface area contributed by atoms with Gasteiger partial charge in [0.15, 0.2) is 0 Å². The summed E-state index contributed by atoms with van der Waals surface area (Å²) >= 11 is 1.60. The van der Waals surface area contributed by atoms with E-state index in [1.807, 2.05) is 0 Å². The molecule has 0 aromatic carbocycles. The van der Waals surface area contributed by atoms with Crippen LogP contribution < -0.4 is 10.6 Å². The number of piperidine rings is 1. The highest BCUT2D eigenvalue weighted by Gasteiger charge is 2.26. The highest BCUT2D eigenvalue weighted by Crippen LogP contribution is 2.37. The third-order valence-corrected chi connectivity index (χ3v) is 8.56. The summed E-state index contributed by atoms with van der Waals surface area (Å²) in [6.45, 7) is 2.56. The molecule has 1 aliphatic heterocycles. The number of carbonyl (C=O) groups is 2. The van der Waals surface area contributed by atoms with Crippen molar-refractivity contribution in [1.29, 1.82) is 5.26 Å². The van der Waals surface area contributed by atoms with Gasteiger partial charge in [-0.15, -0.1) is 11.3 Å². The third-order valence-electron chi connectivity index (χ3n) is 7.35. The van der Waals surface area contributed by atoms with E-state index in [9.17, 15) is 14.9 Å². The van der Waals surface area contributed by atoms with Gasteiger partial charge < -0.3 is 15.5 Å². The van der Waals surface area contributed by atoms with Gasteiger partial charge in [-0.25, -0.2) is 0 Å². The van der Waals surface area contributed by atoms with Crippen LogP contribution in [-0.4, -0.2) is 42.4 Å². The molecule has 0 spiro atoms. The Morgan fingerprint density at radius 2 is 1.72 bits per heavy atom. The van der Waals surface area contributed by atoms with Crippen molar-refractivity contribution in [3.63, 3.8) is 0 Å². The van der Waals surface area contributed by atoms with Crippen LogP contribution in [0.5, 0.6) is 0 Å². The maximum Gasteiger partial charge on any atom is 0.226 e. The highest BCUT2D eigenvalue weighted by atomic mass is 32.1. The summed E-state index contributed by atoms with van der Waals surface area (Å²) in [5.74, 6) is 0.465. The van der Waals surface area contributed by atoms with Crippen molar-refractivity contribution in [2.24, 2.45) is 5.92 Å². The summed E-state index contributed by atoms with van der Waals surface area (Å²) in [4.78, 5) is 28.7. The van der Waals surface area contributed by atoms with Gasteiger partial charge in [0.25, 0.3) is 0 Å². The minimum absolute atomic E-state index is 0.00867. The second kappa shape index (κ2) is 11.3. The van der Waals surface area contributed by atoms with Crippen LogP contribution in [0.3, 0.4) is 0 Å². The average molecular weight is 457 g/mol. The lowest BCUT2D eigenvalue weighted by atomic mass is 9.88. The molecular weight excluding hydrogens is 420 g/mol. The quantitative estimate of drug-likeness (QED) is 0.622. The SMILES string of the molecule is N#Cc1c(NC(=O)CCN2CCC(NC(=O)C3CCCCC3)CC2)sc2c1CCCCC2. The molecule has 6 nitrogen and oxygen atoms in total. The molecule has 7 heteroatoms. The standard InChI is InChI=1S/C25H36N4O2S/c26-17-21-20-9-5-2-6-10-22(20)32-25(21)28-23(30)13-16-29-14-11-19(12-15-29)27-24(31)18-7-3-1-4-8-18/h18-19H,1-16H2,(H,27,31)(H,28,30). The van der Waals surface area contributed by atoms with Gasteiger partial charge in [-0.1, -0.05) is 25.7 Å². The fraction of sp³-hybridized carbons (Fsp3) is 0.720. The molecule has 1 aromatic rings. The second-order valence-electron chi connectivity index (χ2n) is 9.64. The Balaban J connectivity index is 1.19. The Morgan fingerprint density at radius 3 is 2.47 bits per heavy atom. The van der Waals surface area contributed by atoms with Crippen LogP contribution in [0.1, 0.15) is 86.6 Å². The fourth-order valence-corrected chi connectivity index (χ4v) is 6.64. The van der Waals surface area contributed by atoms with Crippen molar-refractivity contribution in [3.05, 3.63) is 16.0 Å². The van der Waals surface area contributed by atoms with Crippen LogP contribution in [0.4, 0.5) is 5.00 Å². The zero-order valence-corrected chi connectivity index (χ0v) is 19.9. The van der Waals surface area contributed by atoms with Gasteiger partial charge in [-0.3, -0.25) is 9.59 Å². The van der Waals surface area contributed by atoms with E-state index in [4.69, 9.17) is 0 Å². The maximum atomic E-state index is 12.6. The minimum Gasteiger partial charge on any atom is -0.353 e. The van der Waals surface area contributed by atoms with Crippen molar-refractivity contribution in [2.45, 2.75) is 89.5 Å². The molecule has 0 atom stereocenters. The molecule has 2 fully saturated rings. The molecule has 0 unspecified atom stereocenters. The number of thiophene rings is 1. The zero-order valence-electron chi connectivity index (χ0n) is 19.1. The van der Waals surface area contributed by atoms with E-state index in [1.54, 1.807) is 11.3 Å². The van der Waals surface area contributed by atoms with Gasteiger partial charge >= 0.3 is 0 Å². The molecule has 1 saturated heterocycles. The predicted molar refractivity (Wildman–Crippen MR) is 128 cm³/mol. The van der Waals surface area contributed by atoms with Gasteiger partial charge in [0.05, 0.1) is 5.56 Å².